The molecule has 0 aliphatic rings. The Balaban J connectivity index is 2.42. The third-order valence-corrected chi connectivity index (χ3v) is 2.40. The largest absolute Gasteiger partial charge is 0.444 e. The number of hydrogen-bond donors (Lipinski definition) is 1. The maximum Gasteiger partial charge on any atom is 0.408 e. The zero-order chi connectivity index (χ0) is 14.3. The summed E-state index contributed by atoms with van der Waals surface area (Å²) in [5.41, 5.74) is 0.547. The molecule has 0 saturated carbocycles. The third-order valence-electron chi connectivity index (χ3n) is 2.40. The van der Waals surface area contributed by atoms with Crippen molar-refractivity contribution in [3.8, 4) is 0 Å². The molecule has 0 aromatic heterocycles. The molecule has 19 heavy (non-hydrogen) atoms. The zero-order valence-corrected chi connectivity index (χ0v) is 11.6. The maximum atomic E-state index is 11.5. The number of nitrogens with one attached hydrogen (secondary N) is 1. The average Bonchev–Trinajstić information content (AvgIpc) is 2.33. The van der Waals surface area contributed by atoms with Gasteiger partial charge in [-0.1, -0.05) is 30.3 Å². The summed E-state index contributed by atoms with van der Waals surface area (Å²) in [6, 6.07) is 9.14. The molecule has 0 heterocycles. The van der Waals surface area contributed by atoms with Crippen LogP contribution in [0, 0.1) is 0 Å². The van der Waals surface area contributed by atoms with Gasteiger partial charge in [-0.05, 0) is 39.2 Å². The van der Waals surface area contributed by atoms with Gasteiger partial charge in [0, 0.05) is 0 Å². The lowest BCUT2D eigenvalue weighted by atomic mass is 10.1. The molecule has 4 heteroatoms. The second kappa shape index (κ2) is 6.92. The Kier molecular flexibility index (Phi) is 5.55. The number of rotatable bonds is 5. The van der Waals surface area contributed by atoms with Crippen LogP contribution in [0.5, 0.6) is 0 Å². The van der Waals surface area contributed by atoms with Crippen LogP contribution in [0.3, 0.4) is 0 Å². The van der Waals surface area contributed by atoms with Crippen LogP contribution < -0.4 is 5.32 Å². The van der Waals surface area contributed by atoms with Crippen LogP contribution in [0.25, 0.3) is 0 Å². The van der Waals surface area contributed by atoms with E-state index in [2.05, 4.69) is 5.32 Å². The lowest BCUT2D eigenvalue weighted by molar-refractivity contribution is 0.0515. The van der Waals surface area contributed by atoms with Crippen molar-refractivity contribution in [3.63, 3.8) is 0 Å². The molecule has 0 saturated heterocycles. The highest BCUT2D eigenvalue weighted by Crippen LogP contribution is 2.08. The Morgan fingerprint density at radius 1 is 1.32 bits per heavy atom. The van der Waals surface area contributed by atoms with E-state index in [0.29, 0.717) is 12.8 Å². The lowest BCUT2D eigenvalue weighted by Crippen LogP contribution is -2.40. The number of ether oxygens (including phenoxy) is 1. The van der Waals surface area contributed by atoms with Crippen molar-refractivity contribution < 1.29 is 14.3 Å². The SMILES string of the molecule is CC(C)(C)OC(=O)N[C@@H]([C]=O)CCc1ccccc1. The Morgan fingerprint density at radius 2 is 1.95 bits per heavy atom. The molecule has 1 aromatic rings. The Hall–Kier alpha value is -1.84. The molecule has 1 amide bonds. The van der Waals surface area contributed by atoms with Gasteiger partial charge >= 0.3 is 6.09 Å². The average molecular weight is 262 g/mol. The molecule has 1 aromatic carbocycles. The standard InChI is InChI=1S/C15H20NO3/c1-15(2,3)19-14(18)16-13(11-17)10-9-12-7-5-4-6-8-12/h4-8,13H,9-10H2,1-3H3,(H,16,18)/t13-/m1/s1. The topological polar surface area (TPSA) is 55.4 Å². The summed E-state index contributed by atoms with van der Waals surface area (Å²) in [5.74, 6) is 0. The molecule has 4 nitrogen and oxygen atoms in total. The molecule has 0 aliphatic carbocycles. The predicted molar refractivity (Wildman–Crippen MR) is 73.6 cm³/mol. The number of aryl methyl sites for hydroxylation is 1. The number of benzene rings is 1. The van der Waals surface area contributed by atoms with Gasteiger partial charge in [0.2, 0.25) is 6.29 Å². The van der Waals surface area contributed by atoms with Crippen LogP contribution in [0.1, 0.15) is 32.8 Å². The van der Waals surface area contributed by atoms with Gasteiger partial charge in [0.1, 0.15) is 5.60 Å². The van der Waals surface area contributed by atoms with E-state index in [4.69, 9.17) is 4.74 Å². The predicted octanol–water partition coefficient (Wildman–Crippen LogP) is 2.62. The minimum atomic E-state index is -0.643. The fraction of sp³-hybridized carbons (Fsp3) is 0.467. The summed E-state index contributed by atoms with van der Waals surface area (Å²) in [4.78, 5) is 22.4. The smallest absolute Gasteiger partial charge is 0.408 e. The summed E-state index contributed by atoms with van der Waals surface area (Å²) >= 11 is 0. The zero-order valence-electron chi connectivity index (χ0n) is 11.6. The van der Waals surface area contributed by atoms with E-state index in [0.717, 1.165) is 5.56 Å². The molecule has 1 N–H and O–H groups in total. The summed E-state index contributed by atoms with van der Waals surface area (Å²) in [5, 5.41) is 2.51. The van der Waals surface area contributed by atoms with Gasteiger partial charge in [-0.3, -0.25) is 4.79 Å². The minimum absolute atomic E-state index is 0.507. The first-order valence-corrected chi connectivity index (χ1v) is 6.32. The highest BCUT2D eigenvalue weighted by Gasteiger charge is 2.19. The van der Waals surface area contributed by atoms with Crippen molar-refractivity contribution in [2.45, 2.75) is 45.3 Å². The van der Waals surface area contributed by atoms with Crippen molar-refractivity contribution in [1.29, 1.82) is 0 Å². The highest BCUT2D eigenvalue weighted by molar-refractivity contribution is 5.73. The molecule has 103 valence electrons. The van der Waals surface area contributed by atoms with Gasteiger partial charge in [0.15, 0.2) is 0 Å². The van der Waals surface area contributed by atoms with Crippen LogP contribution in [0.4, 0.5) is 4.79 Å². The van der Waals surface area contributed by atoms with Gasteiger partial charge in [-0.2, -0.15) is 0 Å². The van der Waals surface area contributed by atoms with Crippen LogP contribution in [-0.2, 0) is 16.0 Å². The third kappa shape index (κ3) is 6.60. The molecule has 1 radical (unpaired) electrons. The quantitative estimate of drug-likeness (QED) is 0.887. The summed E-state index contributed by atoms with van der Waals surface area (Å²) < 4.78 is 5.09. The molecule has 0 aliphatic heterocycles. The van der Waals surface area contributed by atoms with Crippen LogP contribution >= 0.6 is 0 Å². The first-order chi connectivity index (χ1) is 8.90. The van der Waals surface area contributed by atoms with E-state index in [1.807, 2.05) is 36.6 Å². The molecular weight excluding hydrogens is 242 g/mol. The van der Waals surface area contributed by atoms with Crippen molar-refractivity contribution in [2.75, 3.05) is 0 Å². The molecule has 1 atom stereocenters. The van der Waals surface area contributed by atoms with Crippen molar-refractivity contribution in [1.82, 2.24) is 5.32 Å². The summed E-state index contributed by atoms with van der Waals surface area (Å²) in [7, 11) is 0. The van der Waals surface area contributed by atoms with E-state index in [9.17, 15) is 9.59 Å². The van der Waals surface area contributed by atoms with Crippen molar-refractivity contribution in [2.24, 2.45) is 0 Å². The maximum absolute atomic E-state index is 11.5. The first kappa shape index (κ1) is 15.2. The molecule has 0 unspecified atom stereocenters. The minimum Gasteiger partial charge on any atom is -0.444 e. The summed E-state index contributed by atoms with van der Waals surface area (Å²) in [6.07, 6.45) is 2.45. The van der Waals surface area contributed by atoms with E-state index >= 15 is 0 Å². The first-order valence-electron chi connectivity index (χ1n) is 6.32. The monoisotopic (exact) mass is 262 g/mol. The van der Waals surface area contributed by atoms with Crippen LogP contribution in [-0.4, -0.2) is 24.0 Å². The number of alkyl carbamates (subject to hydrolysis) is 1. The fourth-order valence-electron chi connectivity index (χ4n) is 1.57. The van der Waals surface area contributed by atoms with Crippen molar-refractivity contribution in [3.05, 3.63) is 35.9 Å². The normalized spacial score (nSPS) is 12.6. The molecular formula is C15H20NO3. The van der Waals surface area contributed by atoms with E-state index < -0.39 is 17.7 Å². The van der Waals surface area contributed by atoms with E-state index in [-0.39, 0.29) is 0 Å². The number of carbonyl (C=O) groups excluding carboxylic acids is 2. The van der Waals surface area contributed by atoms with Crippen LogP contribution in [0.15, 0.2) is 30.3 Å². The Bertz CT molecular complexity index is 409. The van der Waals surface area contributed by atoms with Gasteiger partial charge in [0.05, 0.1) is 6.04 Å². The number of amides is 1. The van der Waals surface area contributed by atoms with Gasteiger partial charge < -0.3 is 10.1 Å². The Labute approximate surface area is 114 Å². The van der Waals surface area contributed by atoms with Gasteiger partial charge in [-0.25, -0.2) is 4.79 Å². The van der Waals surface area contributed by atoms with Crippen molar-refractivity contribution >= 4 is 12.4 Å². The molecule has 0 spiro atoms. The van der Waals surface area contributed by atoms with E-state index in [1.54, 1.807) is 20.8 Å². The summed E-state index contributed by atoms with van der Waals surface area (Å²) in [6.45, 7) is 5.32. The second-order valence-corrected chi connectivity index (χ2v) is 5.34. The number of hydrogen-bond acceptors (Lipinski definition) is 3. The molecule has 1 rings (SSSR count). The van der Waals surface area contributed by atoms with Gasteiger partial charge in [0.25, 0.3) is 0 Å². The van der Waals surface area contributed by atoms with E-state index in [1.165, 1.54) is 0 Å². The second-order valence-electron chi connectivity index (χ2n) is 5.34. The highest BCUT2D eigenvalue weighted by atomic mass is 16.6. The lowest BCUT2D eigenvalue weighted by Gasteiger charge is -2.21. The number of carbonyl (C=O) groups is 1. The van der Waals surface area contributed by atoms with Gasteiger partial charge in [-0.15, -0.1) is 0 Å². The fourth-order valence-corrected chi connectivity index (χ4v) is 1.57. The van der Waals surface area contributed by atoms with Crippen LogP contribution in [0.2, 0.25) is 0 Å². The Morgan fingerprint density at radius 3 is 2.47 bits per heavy atom. The molecule has 0 bridgehead atoms. The molecule has 0 fully saturated rings.